The van der Waals surface area contributed by atoms with Crippen molar-refractivity contribution in [3.63, 3.8) is 0 Å². The maximum Gasteiger partial charge on any atom is 0.308 e. The molecule has 0 bridgehead atoms. The normalized spacial score (nSPS) is 20.0. The third-order valence-corrected chi connectivity index (χ3v) is 5.09. The van der Waals surface area contributed by atoms with Crippen molar-refractivity contribution in [3.8, 4) is 11.3 Å². The smallest absolute Gasteiger partial charge is 0.308 e. The number of nitrogen functional groups attached to an aromatic ring is 1. The lowest BCUT2D eigenvalue weighted by Crippen LogP contribution is -2.35. The summed E-state index contributed by atoms with van der Waals surface area (Å²) < 4.78 is 0. The Morgan fingerprint density at radius 1 is 1.38 bits per heavy atom. The lowest BCUT2D eigenvalue weighted by atomic mass is 9.98. The van der Waals surface area contributed by atoms with Crippen LogP contribution < -0.4 is 10.6 Å². The van der Waals surface area contributed by atoms with Crippen LogP contribution in [0.25, 0.3) is 22.3 Å². The van der Waals surface area contributed by atoms with Crippen LogP contribution in [0.4, 0.5) is 11.6 Å². The molecule has 0 aromatic carbocycles. The highest BCUT2D eigenvalue weighted by molar-refractivity contribution is 6.02. The summed E-state index contributed by atoms with van der Waals surface area (Å²) in [4.78, 5) is 29.7. The monoisotopic (exact) mass is 352 g/mol. The number of rotatable bonds is 4. The fourth-order valence-electron chi connectivity index (χ4n) is 3.95. The van der Waals surface area contributed by atoms with Crippen LogP contribution in [0.1, 0.15) is 19.8 Å². The number of nitrogens with one attached hydrogen (secondary N) is 1. The average molecular weight is 352 g/mol. The second kappa shape index (κ2) is 6.29. The van der Waals surface area contributed by atoms with Gasteiger partial charge in [0.25, 0.3) is 0 Å². The molecule has 3 aromatic rings. The number of carboxylic acid groups (broad SMARTS) is 1. The van der Waals surface area contributed by atoms with Crippen molar-refractivity contribution < 1.29 is 9.90 Å². The molecule has 0 aliphatic carbocycles. The van der Waals surface area contributed by atoms with Gasteiger partial charge in [-0.15, -0.1) is 0 Å². The molecule has 1 aliphatic heterocycles. The number of nitrogens with zero attached hydrogens (tertiary/aromatic N) is 4. The van der Waals surface area contributed by atoms with Crippen molar-refractivity contribution in [1.29, 1.82) is 0 Å². The van der Waals surface area contributed by atoms with Gasteiger partial charge in [-0.05, 0) is 25.0 Å². The van der Waals surface area contributed by atoms with Crippen LogP contribution in [0.15, 0.2) is 30.7 Å². The highest BCUT2D eigenvalue weighted by atomic mass is 16.4. The number of carboxylic acids is 1. The minimum atomic E-state index is -0.734. The minimum Gasteiger partial charge on any atom is -0.481 e. The Bertz CT molecular complexity index is 969. The number of aromatic amines is 1. The molecule has 2 atom stereocenters. The van der Waals surface area contributed by atoms with Crippen LogP contribution in [-0.4, -0.2) is 43.6 Å². The Labute approximate surface area is 150 Å². The fraction of sp³-hybridized carbons (Fsp3) is 0.333. The Balaban J connectivity index is 1.86. The first kappa shape index (κ1) is 16.3. The summed E-state index contributed by atoms with van der Waals surface area (Å²) in [6, 6.07) is 3.70. The Morgan fingerprint density at radius 2 is 2.19 bits per heavy atom. The Kier molecular flexibility index (Phi) is 3.95. The van der Waals surface area contributed by atoms with Crippen LogP contribution in [0.5, 0.6) is 0 Å². The van der Waals surface area contributed by atoms with Crippen LogP contribution in [0.3, 0.4) is 0 Å². The highest BCUT2D eigenvalue weighted by Gasteiger charge is 2.38. The summed E-state index contributed by atoms with van der Waals surface area (Å²) in [5.41, 5.74) is 9.04. The van der Waals surface area contributed by atoms with Crippen molar-refractivity contribution in [1.82, 2.24) is 19.9 Å². The van der Waals surface area contributed by atoms with Crippen LogP contribution >= 0.6 is 0 Å². The number of aliphatic carboxylic acids is 1. The lowest BCUT2D eigenvalue weighted by molar-refractivity contribution is -0.141. The number of anilines is 2. The predicted molar refractivity (Wildman–Crippen MR) is 98.7 cm³/mol. The Morgan fingerprint density at radius 3 is 2.92 bits per heavy atom. The van der Waals surface area contributed by atoms with Gasteiger partial charge in [-0.1, -0.05) is 6.92 Å². The van der Waals surface area contributed by atoms with Gasteiger partial charge in [0, 0.05) is 36.7 Å². The number of nitrogens with two attached hydrogens (primary N) is 1. The van der Waals surface area contributed by atoms with Gasteiger partial charge in [-0.2, -0.15) is 0 Å². The van der Waals surface area contributed by atoms with Gasteiger partial charge < -0.3 is 20.7 Å². The molecule has 26 heavy (non-hydrogen) atoms. The standard InChI is InChI=1S/C18H20N6O2/c1-2-13-10(17(25)26)5-8-24(13)14-4-7-20-16-15(14)11(9-22-16)12-3-6-21-18(19)23-12/h3-4,6-7,9-10,13H,2,5,8H2,1H3,(H,20,22)(H,25,26)(H2,19,21,23)/t10-,13?/m0/s1. The van der Waals surface area contributed by atoms with E-state index in [1.54, 1.807) is 18.5 Å². The van der Waals surface area contributed by atoms with Crippen molar-refractivity contribution in [3.05, 3.63) is 30.7 Å². The van der Waals surface area contributed by atoms with E-state index in [1.807, 2.05) is 19.2 Å². The molecule has 1 aliphatic rings. The van der Waals surface area contributed by atoms with Gasteiger partial charge in [0.2, 0.25) is 5.95 Å². The molecule has 134 valence electrons. The number of carbonyl (C=O) groups is 1. The third kappa shape index (κ3) is 2.54. The van der Waals surface area contributed by atoms with Crippen LogP contribution in [0.2, 0.25) is 0 Å². The van der Waals surface area contributed by atoms with Gasteiger partial charge in [0.1, 0.15) is 5.65 Å². The van der Waals surface area contributed by atoms with Gasteiger partial charge in [-0.3, -0.25) is 4.79 Å². The van der Waals surface area contributed by atoms with E-state index in [-0.39, 0.29) is 17.9 Å². The second-order valence-electron chi connectivity index (χ2n) is 6.46. The van der Waals surface area contributed by atoms with E-state index < -0.39 is 5.97 Å². The van der Waals surface area contributed by atoms with E-state index in [2.05, 4.69) is 24.8 Å². The summed E-state index contributed by atoms with van der Waals surface area (Å²) in [6.07, 6.45) is 6.62. The van der Waals surface area contributed by atoms with Crippen molar-refractivity contribution >= 4 is 28.6 Å². The number of pyridine rings is 1. The van der Waals surface area contributed by atoms with Crippen molar-refractivity contribution in [2.45, 2.75) is 25.8 Å². The third-order valence-electron chi connectivity index (χ3n) is 5.09. The molecule has 1 unspecified atom stereocenters. The van der Waals surface area contributed by atoms with Gasteiger partial charge >= 0.3 is 5.97 Å². The first-order valence-corrected chi connectivity index (χ1v) is 8.64. The first-order valence-electron chi connectivity index (χ1n) is 8.64. The minimum absolute atomic E-state index is 0.0451. The molecular formula is C18H20N6O2. The van der Waals surface area contributed by atoms with Crippen LogP contribution in [0, 0.1) is 5.92 Å². The molecule has 0 saturated carbocycles. The summed E-state index contributed by atoms with van der Waals surface area (Å²) in [5, 5.41) is 10.5. The van der Waals surface area contributed by atoms with E-state index in [4.69, 9.17) is 5.73 Å². The number of fused-ring (bicyclic) bond motifs is 1. The highest BCUT2D eigenvalue weighted by Crippen LogP contribution is 2.39. The summed E-state index contributed by atoms with van der Waals surface area (Å²) in [7, 11) is 0. The van der Waals surface area contributed by atoms with Gasteiger partial charge in [-0.25, -0.2) is 15.0 Å². The van der Waals surface area contributed by atoms with E-state index >= 15 is 0 Å². The summed E-state index contributed by atoms with van der Waals surface area (Å²) in [6.45, 7) is 2.73. The molecule has 1 fully saturated rings. The molecule has 4 N–H and O–H groups in total. The molecule has 0 radical (unpaired) electrons. The van der Waals surface area contributed by atoms with E-state index in [0.29, 0.717) is 18.7 Å². The SMILES string of the molecule is CCC1[C@@H](C(=O)O)CCN1c1ccnc2[nH]cc(-c3ccnc(N)n3)c12. The number of hydrogen-bond donors (Lipinski definition) is 3. The largest absolute Gasteiger partial charge is 0.481 e. The quantitative estimate of drug-likeness (QED) is 0.658. The van der Waals surface area contributed by atoms with E-state index in [9.17, 15) is 9.90 Å². The van der Waals surface area contributed by atoms with Crippen molar-refractivity contribution in [2.24, 2.45) is 5.92 Å². The predicted octanol–water partition coefficient (Wildman–Crippen LogP) is 2.29. The topological polar surface area (TPSA) is 121 Å². The number of H-pyrrole nitrogens is 1. The zero-order chi connectivity index (χ0) is 18.3. The fourth-order valence-corrected chi connectivity index (χ4v) is 3.95. The molecule has 0 amide bonds. The maximum absolute atomic E-state index is 11.6. The molecule has 1 saturated heterocycles. The zero-order valence-corrected chi connectivity index (χ0v) is 14.4. The first-order chi connectivity index (χ1) is 12.6. The zero-order valence-electron chi connectivity index (χ0n) is 14.4. The lowest BCUT2D eigenvalue weighted by Gasteiger charge is -2.28. The molecule has 8 nitrogen and oxygen atoms in total. The van der Waals surface area contributed by atoms with Gasteiger partial charge in [0.15, 0.2) is 0 Å². The van der Waals surface area contributed by atoms with Crippen LogP contribution in [-0.2, 0) is 4.79 Å². The number of hydrogen-bond acceptors (Lipinski definition) is 6. The van der Waals surface area contributed by atoms with Crippen molar-refractivity contribution in [2.75, 3.05) is 17.2 Å². The summed E-state index contributed by atoms with van der Waals surface area (Å²) >= 11 is 0. The molecule has 3 aromatic heterocycles. The molecule has 8 heteroatoms. The van der Waals surface area contributed by atoms with E-state index in [0.717, 1.165) is 28.7 Å². The Hall–Kier alpha value is -3.16. The molecule has 0 spiro atoms. The summed E-state index contributed by atoms with van der Waals surface area (Å²) in [5.74, 6) is -0.886. The molecule has 4 heterocycles. The van der Waals surface area contributed by atoms with E-state index in [1.165, 1.54) is 0 Å². The van der Waals surface area contributed by atoms with Gasteiger partial charge in [0.05, 0.1) is 22.7 Å². The second-order valence-corrected chi connectivity index (χ2v) is 6.46. The number of aromatic nitrogens is 4. The molecular weight excluding hydrogens is 332 g/mol. The molecule has 4 rings (SSSR count). The average Bonchev–Trinajstić information content (AvgIpc) is 3.25. The maximum atomic E-state index is 11.6.